The molecular weight excluding hydrogens is 530 g/mol. The van der Waals surface area contributed by atoms with E-state index in [1.54, 1.807) is 11.3 Å². The summed E-state index contributed by atoms with van der Waals surface area (Å²) < 4.78 is 51.3. The van der Waals surface area contributed by atoms with Crippen molar-refractivity contribution < 1.29 is 27.4 Å². The lowest BCUT2D eigenvalue weighted by Crippen LogP contribution is -2.06. The van der Waals surface area contributed by atoms with Crippen LogP contribution in [0.25, 0.3) is 16.0 Å². The van der Waals surface area contributed by atoms with Crippen LogP contribution >= 0.6 is 33.9 Å². The molecule has 2 aromatic heterocycles. The number of ether oxygens (including phenoxy) is 3. The van der Waals surface area contributed by atoms with Gasteiger partial charge in [-0.15, -0.1) is 11.3 Å². The molecule has 4 nitrogen and oxygen atoms in total. The van der Waals surface area contributed by atoms with E-state index in [1.165, 1.54) is 34.9 Å². The molecule has 3 rings (SSSR count). The van der Waals surface area contributed by atoms with Crippen molar-refractivity contribution in [2.24, 2.45) is 0 Å². The van der Waals surface area contributed by atoms with Crippen molar-refractivity contribution >= 4 is 39.5 Å². The summed E-state index contributed by atoms with van der Waals surface area (Å²) in [4.78, 5) is 5.98. The van der Waals surface area contributed by atoms with E-state index in [4.69, 9.17) is 9.47 Å². The summed E-state index contributed by atoms with van der Waals surface area (Å²) in [5, 5.41) is 0. The molecule has 1 atom stereocenters. The summed E-state index contributed by atoms with van der Waals surface area (Å²) in [5.74, 6) is -0.529. The zero-order valence-electron chi connectivity index (χ0n) is 15.9. The van der Waals surface area contributed by atoms with E-state index in [0.717, 1.165) is 32.5 Å². The van der Waals surface area contributed by atoms with Crippen molar-refractivity contribution in [1.82, 2.24) is 4.98 Å². The van der Waals surface area contributed by atoms with E-state index < -0.39 is 16.9 Å². The first-order chi connectivity index (χ1) is 14.3. The van der Waals surface area contributed by atoms with Crippen molar-refractivity contribution in [2.45, 2.75) is 24.8 Å². The lowest BCUT2D eigenvalue weighted by molar-refractivity contribution is -0.0531. The molecule has 1 aromatic carbocycles. The van der Waals surface area contributed by atoms with E-state index in [1.807, 2.05) is 44.2 Å². The third-order valence-electron chi connectivity index (χ3n) is 3.88. The highest BCUT2D eigenvalue weighted by Crippen LogP contribution is 2.35. The molecule has 0 radical (unpaired) electrons. The van der Waals surface area contributed by atoms with E-state index in [-0.39, 0.29) is 11.6 Å². The Bertz CT molecular complexity index is 997. The molecule has 0 bridgehead atoms. The second-order valence-electron chi connectivity index (χ2n) is 6.14. The number of benzene rings is 1. The van der Waals surface area contributed by atoms with E-state index >= 15 is 0 Å². The summed E-state index contributed by atoms with van der Waals surface area (Å²) in [6.45, 7) is 0.787. The molecule has 0 N–H and O–H groups in total. The maximum atomic E-state index is 13.1. The smallest absolute Gasteiger partial charge is 0.388 e. The lowest BCUT2D eigenvalue weighted by Gasteiger charge is -2.10. The van der Waals surface area contributed by atoms with Crippen LogP contribution in [0.3, 0.4) is 0 Å². The molecule has 30 heavy (non-hydrogen) atoms. The molecule has 0 fully saturated rings. The molecular formula is C21H17F3INO3S. The predicted octanol–water partition coefficient (Wildman–Crippen LogP) is 7.23. The van der Waals surface area contributed by atoms with Crippen LogP contribution in [0.15, 0.2) is 54.8 Å². The highest BCUT2D eigenvalue weighted by molar-refractivity contribution is 14.1. The van der Waals surface area contributed by atoms with E-state index in [2.05, 4.69) is 15.8 Å². The van der Waals surface area contributed by atoms with Gasteiger partial charge in [-0.3, -0.25) is 0 Å². The topological polar surface area (TPSA) is 40.6 Å². The fourth-order valence-electron chi connectivity index (χ4n) is 2.66. The molecule has 0 saturated carbocycles. The Kier molecular flexibility index (Phi) is 7.59. The Morgan fingerprint density at radius 1 is 1.07 bits per heavy atom. The number of hydrogen-bond acceptors (Lipinski definition) is 5. The van der Waals surface area contributed by atoms with Gasteiger partial charge < -0.3 is 14.2 Å². The van der Waals surface area contributed by atoms with Crippen molar-refractivity contribution in [2.75, 3.05) is 0 Å². The standard InChI is InChI=1S/C21H17F3INO3S/c1-12-8-16(14-6-4-3-5-7-14)30-19(12)13(2)11-27-17-9-15(28-21(24)25)10-18(26-17)29-20(22)23/h3-11,20-21H,1-2H3/b13-11+. The molecule has 0 spiro atoms. The minimum atomic E-state index is -3.08. The zero-order chi connectivity index (χ0) is 21.7. The Balaban J connectivity index is 1.83. The van der Waals surface area contributed by atoms with Crippen LogP contribution in [-0.4, -0.2) is 16.0 Å². The fourth-order valence-corrected chi connectivity index (χ4v) is 4.09. The third-order valence-corrected chi connectivity index (χ3v) is 5.55. The van der Waals surface area contributed by atoms with Crippen LogP contribution in [0.4, 0.5) is 13.2 Å². The number of pyridine rings is 1. The Labute approximate surface area is 189 Å². The summed E-state index contributed by atoms with van der Waals surface area (Å²) in [6, 6.07) is 14.5. The van der Waals surface area contributed by atoms with Crippen LogP contribution < -0.4 is 14.2 Å². The second-order valence-corrected chi connectivity index (χ2v) is 8.18. The first-order valence-electron chi connectivity index (χ1n) is 8.73. The van der Waals surface area contributed by atoms with Gasteiger partial charge in [-0.25, -0.2) is 0 Å². The van der Waals surface area contributed by atoms with Crippen LogP contribution in [0.2, 0.25) is 0 Å². The molecule has 0 aliphatic heterocycles. The first-order valence-corrected chi connectivity index (χ1v) is 10.8. The zero-order valence-corrected chi connectivity index (χ0v) is 18.9. The monoisotopic (exact) mass is 547 g/mol. The molecule has 2 heterocycles. The minimum Gasteiger partial charge on any atom is -0.451 e. The Morgan fingerprint density at radius 3 is 2.43 bits per heavy atom. The van der Waals surface area contributed by atoms with Gasteiger partial charge in [-0.05, 0) is 31.0 Å². The lowest BCUT2D eigenvalue weighted by atomic mass is 10.1. The molecule has 158 valence electrons. The number of hydrogen-bond donors (Lipinski definition) is 0. The van der Waals surface area contributed by atoms with Gasteiger partial charge in [0.15, 0.2) is 0 Å². The molecule has 3 aromatic rings. The second kappa shape index (κ2) is 10.2. The van der Waals surface area contributed by atoms with Crippen molar-refractivity contribution in [1.29, 1.82) is 0 Å². The molecule has 0 saturated heterocycles. The van der Waals surface area contributed by atoms with Crippen LogP contribution in [0.5, 0.6) is 17.5 Å². The van der Waals surface area contributed by atoms with Crippen molar-refractivity contribution in [3.63, 3.8) is 0 Å². The summed E-state index contributed by atoms with van der Waals surface area (Å²) in [5.41, 5.74) is 3.01. The maximum absolute atomic E-state index is 13.1. The number of thiophene rings is 1. The van der Waals surface area contributed by atoms with Gasteiger partial charge in [0.25, 0.3) is 4.36 Å². The van der Waals surface area contributed by atoms with Gasteiger partial charge >= 0.3 is 6.61 Å². The fraction of sp³-hybridized carbons (Fsp3) is 0.190. The highest BCUT2D eigenvalue weighted by Gasteiger charge is 2.13. The Hall–Kier alpha value is -2.27. The van der Waals surface area contributed by atoms with Gasteiger partial charge in [0.2, 0.25) is 11.8 Å². The summed E-state index contributed by atoms with van der Waals surface area (Å²) in [6.07, 6.45) is 1.46. The first kappa shape index (κ1) is 22.4. The van der Waals surface area contributed by atoms with Gasteiger partial charge in [0, 0.05) is 50.1 Å². The van der Waals surface area contributed by atoms with E-state index in [9.17, 15) is 13.2 Å². The SMILES string of the molecule is C/C(=C\Oc1cc(OC(F)I)cc(OC(F)F)n1)c1sc(-c2ccccc2)cc1C. The van der Waals surface area contributed by atoms with Gasteiger partial charge in [-0.1, -0.05) is 30.3 Å². The third kappa shape index (κ3) is 6.11. The maximum Gasteiger partial charge on any atom is 0.388 e. The van der Waals surface area contributed by atoms with Gasteiger partial charge in [0.05, 0.1) is 6.26 Å². The molecule has 0 amide bonds. The number of halogens is 4. The van der Waals surface area contributed by atoms with Gasteiger partial charge in [-0.2, -0.15) is 18.2 Å². The quantitative estimate of drug-likeness (QED) is 0.170. The molecule has 1 unspecified atom stereocenters. The minimum absolute atomic E-state index is 0.0396. The number of rotatable bonds is 8. The van der Waals surface area contributed by atoms with Crippen molar-refractivity contribution in [3.8, 4) is 28.0 Å². The average molecular weight is 547 g/mol. The molecule has 9 heteroatoms. The van der Waals surface area contributed by atoms with Crippen LogP contribution in [-0.2, 0) is 0 Å². The van der Waals surface area contributed by atoms with E-state index in [0.29, 0.717) is 0 Å². The van der Waals surface area contributed by atoms with Crippen LogP contribution in [0.1, 0.15) is 17.4 Å². The number of nitrogens with zero attached hydrogens (tertiary/aromatic N) is 1. The summed E-state index contributed by atoms with van der Waals surface area (Å²) >= 11 is 3.01. The molecule has 0 aliphatic carbocycles. The molecule has 0 aliphatic rings. The number of aryl methyl sites for hydroxylation is 1. The van der Waals surface area contributed by atoms with Crippen LogP contribution in [0, 0.1) is 6.92 Å². The van der Waals surface area contributed by atoms with Crippen molar-refractivity contribution in [3.05, 3.63) is 65.2 Å². The number of alkyl halides is 4. The average Bonchev–Trinajstić information content (AvgIpc) is 3.07. The van der Waals surface area contributed by atoms with Gasteiger partial charge in [0.1, 0.15) is 5.75 Å². The largest absolute Gasteiger partial charge is 0.451 e. The number of allylic oxidation sites excluding steroid dienone is 1. The highest BCUT2D eigenvalue weighted by atomic mass is 127. The Morgan fingerprint density at radius 2 is 1.77 bits per heavy atom. The summed E-state index contributed by atoms with van der Waals surface area (Å²) in [7, 11) is 0. The predicted molar refractivity (Wildman–Crippen MR) is 119 cm³/mol. The normalized spacial score (nSPS) is 12.7. The number of aromatic nitrogens is 1.